The lowest BCUT2D eigenvalue weighted by atomic mass is 9.73. The highest BCUT2D eigenvalue weighted by Gasteiger charge is 2.76. The number of aliphatic hydroxyl groups is 1. The second-order valence-corrected chi connectivity index (χ2v) is 12.7. The summed E-state index contributed by atoms with van der Waals surface area (Å²) in [5.41, 5.74) is -0.838. The van der Waals surface area contributed by atoms with E-state index in [1.165, 1.54) is 4.90 Å². The second kappa shape index (κ2) is 11.2. The summed E-state index contributed by atoms with van der Waals surface area (Å²) in [5.74, 6) is -2.75. The monoisotopic (exact) mass is 603 g/mol. The average Bonchev–Trinajstić information content (AvgIpc) is 3.29. The summed E-state index contributed by atoms with van der Waals surface area (Å²) >= 11 is 6.15. The molecule has 2 aromatic carbocycles. The number of aliphatic hydroxyl groups excluding tert-OH is 1. The van der Waals surface area contributed by atoms with Gasteiger partial charge in [0.1, 0.15) is 11.6 Å². The highest BCUT2D eigenvalue weighted by atomic mass is 35.5. The number of rotatable bonds is 7. The third-order valence-electron chi connectivity index (χ3n) is 9.63. The maximum absolute atomic E-state index is 14.8. The molecule has 1 spiro atoms. The van der Waals surface area contributed by atoms with E-state index in [0.29, 0.717) is 30.2 Å². The molecule has 3 amide bonds. The molecule has 9 heteroatoms. The van der Waals surface area contributed by atoms with E-state index in [1.807, 2.05) is 75.4 Å². The van der Waals surface area contributed by atoms with E-state index in [4.69, 9.17) is 16.3 Å². The lowest BCUT2D eigenvalue weighted by molar-refractivity contribution is -0.153. The number of likely N-dealkylation sites (tertiary alicyclic amines) is 1. The van der Waals surface area contributed by atoms with Crippen LogP contribution in [0, 0.1) is 17.8 Å². The first-order valence-electron chi connectivity index (χ1n) is 15.1. The van der Waals surface area contributed by atoms with Crippen molar-refractivity contribution >= 4 is 35.0 Å². The van der Waals surface area contributed by atoms with E-state index in [2.05, 4.69) is 0 Å². The fraction of sp³-hybridized carbons (Fsp3) is 0.441. The van der Waals surface area contributed by atoms with Crippen molar-refractivity contribution in [3.63, 3.8) is 0 Å². The third kappa shape index (κ3) is 4.62. The molecule has 2 saturated heterocycles. The highest BCUT2D eigenvalue weighted by molar-refractivity contribution is 6.30. The second-order valence-electron chi connectivity index (χ2n) is 12.3. The fourth-order valence-corrected chi connectivity index (χ4v) is 7.65. The summed E-state index contributed by atoms with van der Waals surface area (Å²) < 4.78 is 7.06. The van der Waals surface area contributed by atoms with E-state index in [9.17, 15) is 19.5 Å². The number of nitrogens with zero attached hydrogens (tertiary/aromatic N) is 3. The van der Waals surface area contributed by atoms with Crippen LogP contribution in [0.4, 0.5) is 5.69 Å². The van der Waals surface area contributed by atoms with E-state index in [1.54, 1.807) is 34.1 Å². The molecule has 4 heterocycles. The van der Waals surface area contributed by atoms with Crippen LogP contribution < -0.4 is 4.90 Å². The number of anilines is 1. The predicted octanol–water partition coefficient (Wildman–Crippen LogP) is 4.22. The molecule has 0 saturated carbocycles. The van der Waals surface area contributed by atoms with Gasteiger partial charge in [-0.05, 0) is 42.2 Å². The lowest BCUT2D eigenvalue weighted by Crippen LogP contribution is -2.60. The van der Waals surface area contributed by atoms with Gasteiger partial charge in [0.05, 0.1) is 30.1 Å². The molecule has 2 fully saturated rings. The molecular formula is C34H38ClN3O5. The van der Waals surface area contributed by atoms with Crippen LogP contribution in [0.2, 0.25) is 5.02 Å². The molecule has 43 heavy (non-hydrogen) atoms. The number of carbonyl (C=O) groups excluding carboxylic acids is 3. The summed E-state index contributed by atoms with van der Waals surface area (Å²) in [6, 6.07) is 15.1. The number of benzene rings is 2. The minimum atomic E-state index is -1.39. The van der Waals surface area contributed by atoms with Crippen molar-refractivity contribution in [2.75, 3.05) is 24.6 Å². The van der Waals surface area contributed by atoms with Crippen molar-refractivity contribution in [2.45, 2.75) is 57.0 Å². The van der Waals surface area contributed by atoms with Crippen molar-refractivity contribution in [1.82, 2.24) is 9.80 Å². The summed E-state index contributed by atoms with van der Waals surface area (Å²) in [6.07, 6.45) is 8.05. The Kier molecular flexibility index (Phi) is 7.73. The number of fused-ring (bicyclic) bond motifs is 2. The molecule has 0 aromatic heterocycles. The zero-order chi connectivity index (χ0) is 30.5. The smallest absolute Gasteiger partial charge is 0.253 e. The van der Waals surface area contributed by atoms with Crippen molar-refractivity contribution in [3.8, 4) is 0 Å². The molecule has 226 valence electrons. The Labute approximate surface area is 257 Å². The maximum Gasteiger partial charge on any atom is 0.253 e. The molecule has 6 rings (SSSR count). The molecule has 8 nitrogen and oxygen atoms in total. The highest BCUT2D eigenvalue weighted by Crippen LogP contribution is 2.59. The van der Waals surface area contributed by atoms with Gasteiger partial charge in [-0.2, -0.15) is 0 Å². The van der Waals surface area contributed by atoms with Gasteiger partial charge in [0.2, 0.25) is 11.8 Å². The number of ether oxygens (including phenoxy) is 1. The molecular weight excluding hydrogens is 566 g/mol. The van der Waals surface area contributed by atoms with Gasteiger partial charge in [-0.25, -0.2) is 0 Å². The van der Waals surface area contributed by atoms with Crippen molar-refractivity contribution in [3.05, 3.63) is 89.5 Å². The van der Waals surface area contributed by atoms with Crippen LogP contribution in [0.5, 0.6) is 0 Å². The first kappa shape index (κ1) is 29.6. The number of amides is 3. The van der Waals surface area contributed by atoms with Gasteiger partial charge in [-0.15, -0.1) is 0 Å². The van der Waals surface area contributed by atoms with Crippen LogP contribution in [-0.4, -0.2) is 75.6 Å². The average molecular weight is 604 g/mol. The lowest BCUT2D eigenvalue weighted by Gasteiger charge is -2.41. The van der Waals surface area contributed by atoms with Crippen LogP contribution in [-0.2, 0) is 25.7 Å². The SMILES string of the molecule is CC[C@@]12C=CCN(Cc3ccccc3)C(=O)[C@@H]1[C@H]1C(=O)N([C@@H](CO)C(C)C)C3C(=O)N(c4ccc(Cl)cc4)CC=C[C@@]31O2. The summed E-state index contributed by atoms with van der Waals surface area (Å²) in [7, 11) is 0. The minimum absolute atomic E-state index is 0.149. The van der Waals surface area contributed by atoms with Crippen LogP contribution in [0.15, 0.2) is 78.9 Å². The number of hydrogen-bond acceptors (Lipinski definition) is 5. The fourth-order valence-electron chi connectivity index (χ4n) is 7.53. The molecule has 1 N–H and O–H groups in total. The van der Waals surface area contributed by atoms with Gasteiger partial charge in [0.15, 0.2) is 0 Å². The van der Waals surface area contributed by atoms with Gasteiger partial charge in [0.25, 0.3) is 5.91 Å². The normalized spacial score (nSPS) is 30.8. The molecule has 6 atom stereocenters. The van der Waals surface area contributed by atoms with Crippen molar-refractivity contribution in [1.29, 1.82) is 0 Å². The molecule has 0 radical (unpaired) electrons. The van der Waals surface area contributed by atoms with E-state index < -0.39 is 35.1 Å². The Hall–Kier alpha value is -3.46. The summed E-state index contributed by atoms with van der Waals surface area (Å²) in [6.45, 7) is 6.52. The molecule has 4 aliphatic rings. The van der Waals surface area contributed by atoms with Gasteiger partial charge in [-0.1, -0.05) is 87.0 Å². The Bertz CT molecular complexity index is 1460. The van der Waals surface area contributed by atoms with E-state index in [0.717, 1.165) is 5.56 Å². The van der Waals surface area contributed by atoms with Gasteiger partial charge < -0.3 is 24.5 Å². The first-order chi connectivity index (χ1) is 20.7. The molecule has 1 unspecified atom stereocenters. The van der Waals surface area contributed by atoms with Gasteiger partial charge in [-0.3, -0.25) is 14.4 Å². The van der Waals surface area contributed by atoms with Gasteiger partial charge >= 0.3 is 0 Å². The largest absolute Gasteiger partial charge is 0.394 e. The standard InChI is InChI=1S/C34H38ClN3O5/c1-4-33-16-8-18-36(20-23-10-6-5-7-11-23)30(40)27(33)28-31(41)38(26(21-39)22(2)3)29-32(42)37(19-9-17-34(28,29)43-33)25-14-12-24(35)13-15-25/h5-17,22,26-29,39H,4,18-21H2,1-3H3/t26-,27-,28-,29?,33+,34-/m0/s1. The Morgan fingerprint density at radius 3 is 2.28 bits per heavy atom. The van der Waals surface area contributed by atoms with Gasteiger partial charge in [0, 0.05) is 30.3 Å². The van der Waals surface area contributed by atoms with Crippen LogP contribution in [0.3, 0.4) is 0 Å². The predicted molar refractivity (Wildman–Crippen MR) is 164 cm³/mol. The maximum atomic E-state index is 14.8. The topological polar surface area (TPSA) is 90.4 Å². The van der Waals surface area contributed by atoms with Crippen LogP contribution >= 0.6 is 11.6 Å². The Balaban J connectivity index is 1.49. The quantitative estimate of drug-likeness (QED) is 0.479. The van der Waals surface area contributed by atoms with Crippen LogP contribution in [0.25, 0.3) is 0 Å². The van der Waals surface area contributed by atoms with E-state index in [-0.39, 0.29) is 36.8 Å². The number of carbonyl (C=O) groups is 3. The molecule has 0 aliphatic carbocycles. The zero-order valence-corrected chi connectivity index (χ0v) is 25.5. The molecule has 2 aromatic rings. The van der Waals surface area contributed by atoms with E-state index >= 15 is 0 Å². The number of halogens is 1. The van der Waals surface area contributed by atoms with Crippen molar-refractivity contribution < 1.29 is 24.2 Å². The minimum Gasteiger partial charge on any atom is -0.394 e. The third-order valence-corrected chi connectivity index (χ3v) is 9.88. The number of hydrogen-bond donors (Lipinski definition) is 1. The first-order valence-corrected chi connectivity index (χ1v) is 15.4. The Morgan fingerprint density at radius 1 is 0.930 bits per heavy atom. The summed E-state index contributed by atoms with van der Waals surface area (Å²) in [4.78, 5) is 48.9. The molecule has 0 bridgehead atoms. The summed E-state index contributed by atoms with van der Waals surface area (Å²) in [5, 5.41) is 11.1. The Morgan fingerprint density at radius 2 is 1.63 bits per heavy atom. The molecule has 4 aliphatic heterocycles. The zero-order valence-electron chi connectivity index (χ0n) is 24.7. The van der Waals surface area contributed by atoms with Crippen molar-refractivity contribution in [2.24, 2.45) is 17.8 Å². The van der Waals surface area contributed by atoms with Crippen LogP contribution in [0.1, 0.15) is 32.8 Å².